The third kappa shape index (κ3) is 7.42. The normalized spacial score (nSPS) is 12.9. The molecule has 2 aromatic carbocycles. The maximum Gasteiger partial charge on any atom is 0.338 e. The van der Waals surface area contributed by atoms with Crippen molar-refractivity contribution >= 4 is 23.7 Å². The lowest BCUT2D eigenvalue weighted by Gasteiger charge is -2.19. The first kappa shape index (κ1) is 26.5. The predicted octanol–water partition coefficient (Wildman–Crippen LogP) is 5.37. The van der Waals surface area contributed by atoms with E-state index in [0.29, 0.717) is 18.5 Å². The SMILES string of the molecule is CC(Cc1cn(Cc2ccc(C(C)(C)C)cc2)nn1)OC(=O)c1ccc(SC(C)(C)C(=O)O)cc1. The topological polar surface area (TPSA) is 94.3 Å². The number of carboxylic acid groups (broad SMARTS) is 1. The molecule has 1 unspecified atom stereocenters. The smallest absolute Gasteiger partial charge is 0.338 e. The van der Waals surface area contributed by atoms with Gasteiger partial charge < -0.3 is 9.84 Å². The molecule has 3 aromatic rings. The van der Waals surface area contributed by atoms with Crippen LogP contribution in [0, 0.1) is 0 Å². The second-order valence-electron chi connectivity index (χ2n) is 10.2. The molecule has 1 heterocycles. The fraction of sp³-hybridized carbons (Fsp3) is 0.407. The zero-order valence-electron chi connectivity index (χ0n) is 21.1. The highest BCUT2D eigenvalue weighted by atomic mass is 32.2. The lowest BCUT2D eigenvalue weighted by molar-refractivity contribution is -0.138. The second-order valence-corrected chi connectivity index (χ2v) is 11.9. The van der Waals surface area contributed by atoms with Gasteiger partial charge in [0.2, 0.25) is 0 Å². The Morgan fingerprint density at radius 3 is 2.23 bits per heavy atom. The summed E-state index contributed by atoms with van der Waals surface area (Å²) in [5, 5.41) is 17.7. The summed E-state index contributed by atoms with van der Waals surface area (Å²) in [5.74, 6) is -1.33. The molecule has 0 saturated heterocycles. The molecule has 3 rings (SSSR count). The first-order valence-corrected chi connectivity index (χ1v) is 12.4. The van der Waals surface area contributed by atoms with Crippen LogP contribution in [0.5, 0.6) is 0 Å². The summed E-state index contributed by atoms with van der Waals surface area (Å²) >= 11 is 1.23. The lowest BCUT2D eigenvalue weighted by Crippen LogP contribution is -2.26. The van der Waals surface area contributed by atoms with E-state index in [4.69, 9.17) is 4.74 Å². The van der Waals surface area contributed by atoms with Crippen LogP contribution in [0.3, 0.4) is 0 Å². The zero-order valence-corrected chi connectivity index (χ0v) is 21.9. The Morgan fingerprint density at radius 1 is 1.03 bits per heavy atom. The Morgan fingerprint density at radius 2 is 1.66 bits per heavy atom. The van der Waals surface area contributed by atoms with Crippen LogP contribution < -0.4 is 0 Å². The number of carboxylic acids is 1. The molecule has 0 bridgehead atoms. The zero-order chi connectivity index (χ0) is 25.8. The van der Waals surface area contributed by atoms with Gasteiger partial charge in [0.05, 0.1) is 17.8 Å². The molecule has 0 amide bonds. The first-order chi connectivity index (χ1) is 16.3. The Kier molecular flexibility index (Phi) is 8.05. The van der Waals surface area contributed by atoms with Crippen molar-refractivity contribution in [2.45, 2.75) is 75.7 Å². The van der Waals surface area contributed by atoms with E-state index in [1.165, 1.54) is 17.3 Å². The minimum Gasteiger partial charge on any atom is -0.480 e. The maximum absolute atomic E-state index is 12.5. The van der Waals surface area contributed by atoms with Gasteiger partial charge in [-0.3, -0.25) is 4.79 Å². The van der Waals surface area contributed by atoms with Crippen molar-refractivity contribution in [3.05, 3.63) is 77.1 Å². The van der Waals surface area contributed by atoms with Crippen molar-refractivity contribution in [1.29, 1.82) is 0 Å². The van der Waals surface area contributed by atoms with E-state index in [1.54, 1.807) is 42.8 Å². The van der Waals surface area contributed by atoms with Gasteiger partial charge in [-0.2, -0.15) is 0 Å². The Hall–Kier alpha value is -3.13. The van der Waals surface area contributed by atoms with E-state index >= 15 is 0 Å². The quantitative estimate of drug-likeness (QED) is 0.315. The Labute approximate surface area is 210 Å². The second kappa shape index (κ2) is 10.6. The largest absolute Gasteiger partial charge is 0.480 e. The van der Waals surface area contributed by atoms with Gasteiger partial charge in [0.1, 0.15) is 10.9 Å². The van der Waals surface area contributed by atoms with E-state index in [0.717, 1.165) is 16.2 Å². The van der Waals surface area contributed by atoms with Crippen molar-refractivity contribution in [3.8, 4) is 0 Å². The summed E-state index contributed by atoms with van der Waals surface area (Å²) in [7, 11) is 0. The highest BCUT2D eigenvalue weighted by Gasteiger charge is 2.28. The number of carbonyl (C=O) groups excluding carboxylic acids is 1. The number of ether oxygens (including phenoxy) is 1. The summed E-state index contributed by atoms with van der Waals surface area (Å²) in [4.78, 5) is 24.6. The summed E-state index contributed by atoms with van der Waals surface area (Å²) in [5.41, 5.74) is 3.71. The van der Waals surface area contributed by atoms with Gasteiger partial charge >= 0.3 is 11.9 Å². The average Bonchev–Trinajstić information content (AvgIpc) is 3.20. The van der Waals surface area contributed by atoms with Gasteiger partial charge in [0, 0.05) is 17.5 Å². The van der Waals surface area contributed by atoms with Crippen LogP contribution in [-0.4, -0.2) is 42.9 Å². The molecule has 7 nitrogen and oxygen atoms in total. The highest BCUT2D eigenvalue weighted by molar-refractivity contribution is 8.01. The van der Waals surface area contributed by atoms with Crippen molar-refractivity contribution in [2.24, 2.45) is 0 Å². The molecule has 0 aliphatic carbocycles. The van der Waals surface area contributed by atoms with Crippen molar-refractivity contribution in [1.82, 2.24) is 15.0 Å². The third-order valence-corrected chi connectivity index (χ3v) is 6.73. The molecule has 0 aliphatic rings. The summed E-state index contributed by atoms with van der Waals surface area (Å²) in [6, 6.07) is 15.3. The van der Waals surface area contributed by atoms with Crippen LogP contribution in [0.4, 0.5) is 0 Å². The predicted molar refractivity (Wildman–Crippen MR) is 137 cm³/mol. The molecular weight excluding hydrogens is 462 g/mol. The van der Waals surface area contributed by atoms with Crippen LogP contribution in [0.2, 0.25) is 0 Å². The van der Waals surface area contributed by atoms with Gasteiger partial charge in [-0.1, -0.05) is 50.3 Å². The number of hydrogen-bond donors (Lipinski definition) is 1. The van der Waals surface area contributed by atoms with E-state index in [-0.39, 0.29) is 11.5 Å². The maximum atomic E-state index is 12.5. The summed E-state index contributed by atoms with van der Waals surface area (Å²) in [6.07, 6.45) is 1.95. The van der Waals surface area contributed by atoms with Gasteiger partial charge in [-0.25, -0.2) is 9.48 Å². The van der Waals surface area contributed by atoms with E-state index < -0.39 is 16.7 Å². The molecule has 1 aromatic heterocycles. The number of aromatic nitrogens is 3. The first-order valence-electron chi connectivity index (χ1n) is 11.6. The molecule has 0 radical (unpaired) electrons. The fourth-order valence-electron chi connectivity index (χ4n) is 3.39. The van der Waals surface area contributed by atoms with Crippen LogP contribution in [0.25, 0.3) is 0 Å². The minimum atomic E-state index is -0.955. The molecule has 35 heavy (non-hydrogen) atoms. The van der Waals surface area contributed by atoms with Gasteiger partial charge in [0.15, 0.2) is 0 Å². The minimum absolute atomic E-state index is 0.116. The molecule has 1 N–H and O–H groups in total. The van der Waals surface area contributed by atoms with Crippen LogP contribution in [0.15, 0.2) is 59.6 Å². The van der Waals surface area contributed by atoms with Crippen LogP contribution in [-0.2, 0) is 27.9 Å². The summed E-state index contributed by atoms with van der Waals surface area (Å²) < 4.78 is 6.40. The average molecular weight is 496 g/mol. The number of esters is 1. The number of benzene rings is 2. The molecule has 0 aliphatic heterocycles. The Balaban J connectivity index is 1.53. The Bertz CT molecular complexity index is 1160. The van der Waals surface area contributed by atoms with E-state index in [2.05, 4.69) is 55.3 Å². The summed E-state index contributed by atoms with van der Waals surface area (Å²) in [6.45, 7) is 12.3. The number of carbonyl (C=O) groups is 2. The fourth-order valence-corrected chi connectivity index (χ4v) is 4.34. The molecule has 8 heteroatoms. The molecule has 0 saturated carbocycles. The number of hydrogen-bond acceptors (Lipinski definition) is 6. The van der Waals surface area contributed by atoms with Gasteiger partial charge in [-0.15, -0.1) is 16.9 Å². The standard InChI is InChI=1S/C27H33N3O4S/c1-18(34-24(31)20-9-13-23(14-10-20)35-27(5,6)25(32)33)15-22-17-30(29-28-22)16-19-7-11-21(12-8-19)26(2,3)4/h7-14,17-18H,15-16H2,1-6H3,(H,32,33). The number of aliphatic carboxylic acids is 1. The van der Waals surface area contributed by atoms with Crippen molar-refractivity contribution in [3.63, 3.8) is 0 Å². The highest BCUT2D eigenvalue weighted by Crippen LogP contribution is 2.32. The molecule has 1 atom stereocenters. The van der Waals surface area contributed by atoms with Crippen molar-refractivity contribution in [2.75, 3.05) is 0 Å². The monoisotopic (exact) mass is 495 g/mol. The van der Waals surface area contributed by atoms with Gasteiger partial charge in [-0.05, 0) is 61.6 Å². The molecule has 0 fully saturated rings. The molecular formula is C27H33N3O4S. The number of rotatable bonds is 9. The van der Waals surface area contributed by atoms with Crippen LogP contribution >= 0.6 is 11.8 Å². The van der Waals surface area contributed by atoms with E-state index in [9.17, 15) is 14.7 Å². The van der Waals surface area contributed by atoms with Gasteiger partial charge in [0.25, 0.3) is 0 Å². The lowest BCUT2D eigenvalue weighted by atomic mass is 9.87. The molecule has 186 valence electrons. The van der Waals surface area contributed by atoms with E-state index in [1.807, 2.05) is 13.1 Å². The molecule has 0 spiro atoms. The number of thioether (sulfide) groups is 1. The van der Waals surface area contributed by atoms with Crippen LogP contribution in [0.1, 0.15) is 68.7 Å². The third-order valence-electron chi connectivity index (χ3n) is 5.53. The number of nitrogens with zero attached hydrogens (tertiary/aromatic N) is 3. The van der Waals surface area contributed by atoms with Crippen molar-refractivity contribution < 1.29 is 19.4 Å².